The number of amides is 1. The third kappa shape index (κ3) is 42.5. The summed E-state index contributed by atoms with van der Waals surface area (Å²) in [5, 5.41) is 23.0. The quantitative estimate of drug-likeness (QED) is 0.0421. The van der Waals surface area contributed by atoms with Crippen molar-refractivity contribution < 1.29 is 24.5 Å². The van der Waals surface area contributed by atoms with Crippen LogP contribution in [-0.2, 0) is 14.3 Å². The minimum atomic E-state index is -0.672. The standard InChI is InChI=1S/C50H99NO5/c1-3-5-7-9-11-13-14-15-16-17-18-19-20-21-24-28-32-36-40-44-50(55)56-45-41-37-33-29-25-22-23-27-31-35-39-43-49(54)51-47(46-52)48(53)42-38-34-30-26-12-10-8-6-4-2/h47-48,52-53H,3-46H2,1-2H3,(H,51,54). The lowest BCUT2D eigenvalue weighted by Crippen LogP contribution is -2.45. The third-order valence-corrected chi connectivity index (χ3v) is 11.9. The second-order valence-electron chi connectivity index (χ2n) is 17.5. The minimum Gasteiger partial charge on any atom is -0.466 e. The maximum Gasteiger partial charge on any atom is 0.305 e. The molecule has 0 aromatic heterocycles. The van der Waals surface area contributed by atoms with E-state index in [4.69, 9.17) is 4.74 Å². The average molecular weight is 794 g/mol. The molecule has 3 N–H and O–H groups in total. The number of carbonyl (C=O) groups excluding carboxylic acids is 2. The van der Waals surface area contributed by atoms with Gasteiger partial charge in [-0.05, 0) is 25.7 Å². The molecule has 334 valence electrons. The Morgan fingerprint density at radius 1 is 0.429 bits per heavy atom. The highest BCUT2D eigenvalue weighted by atomic mass is 16.5. The van der Waals surface area contributed by atoms with Crippen molar-refractivity contribution in [2.24, 2.45) is 0 Å². The minimum absolute atomic E-state index is 0.00894. The fraction of sp³-hybridized carbons (Fsp3) is 0.960. The van der Waals surface area contributed by atoms with Crippen molar-refractivity contribution >= 4 is 11.9 Å². The molecule has 0 aliphatic rings. The van der Waals surface area contributed by atoms with Crippen LogP contribution in [0.2, 0.25) is 0 Å². The number of hydrogen-bond donors (Lipinski definition) is 3. The SMILES string of the molecule is CCCCCCCCCCCCCCCCCCCCCC(=O)OCCCCCCCCCCCCCC(=O)NC(CO)C(O)CCCCCCCCCCC. The second-order valence-corrected chi connectivity index (χ2v) is 17.5. The van der Waals surface area contributed by atoms with Gasteiger partial charge < -0.3 is 20.3 Å². The average Bonchev–Trinajstić information content (AvgIpc) is 3.20. The van der Waals surface area contributed by atoms with Gasteiger partial charge in [0.1, 0.15) is 0 Å². The van der Waals surface area contributed by atoms with Crippen LogP contribution in [0.15, 0.2) is 0 Å². The Labute approximate surface area is 349 Å². The van der Waals surface area contributed by atoms with Gasteiger partial charge in [-0.1, -0.05) is 245 Å². The number of rotatable bonds is 47. The smallest absolute Gasteiger partial charge is 0.305 e. The van der Waals surface area contributed by atoms with Gasteiger partial charge in [-0.25, -0.2) is 0 Å². The highest BCUT2D eigenvalue weighted by Crippen LogP contribution is 2.17. The molecule has 6 nitrogen and oxygen atoms in total. The molecule has 0 aliphatic carbocycles. The molecule has 0 saturated heterocycles. The molecule has 0 aromatic rings. The van der Waals surface area contributed by atoms with Crippen LogP contribution in [-0.4, -0.2) is 47.4 Å². The monoisotopic (exact) mass is 794 g/mol. The summed E-state index contributed by atoms with van der Waals surface area (Å²) in [6, 6.07) is -0.551. The van der Waals surface area contributed by atoms with E-state index in [1.807, 2.05) is 0 Å². The lowest BCUT2D eigenvalue weighted by atomic mass is 10.0. The van der Waals surface area contributed by atoms with E-state index in [1.54, 1.807) is 0 Å². The first kappa shape index (κ1) is 54.9. The van der Waals surface area contributed by atoms with Crippen molar-refractivity contribution in [2.75, 3.05) is 13.2 Å². The van der Waals surface area contributed by atoms with Crippen LogP contribution in [0.25, 0.3) is 0 Å². The molecule has 56 heavy (non-hydrogen) atoms. The Morgan fingerprint density at radius 3 is 1.09 bits per heavy atom. The third-order valence-electron chi connectivity index (χ3n) is 11.9. The van der Waals surface area contributed by atoms with E-state index in [-0.39, 0.29) is 18.5 Å². The van der Waals surface area contributed by atoms with Crippen LogP contribution in [0.5, 0.6) is 0 Å². The first-order valence-electron chi connectivity index (χ1n) is 25.3. The van der Waals surface area contributed by atoms with Crippen LogP contribution in [0.1, 0.15) is 284 Å². The van der Waals surface area contributed by atoms with Crippen LogP contribution < -0.4 is 5.32 Å². The van der Waals surface area contributed by atoms with Gasteiger partial charge in [-0.2, -0.15) is 0 Å². The van der Waals surface area contributed by atoms with E-state index in [1.165, 1.54) is 193 Å². The number of aliphatic hydroxyl groups excluding tert-OH is 2. The van der Waals surface area contributed by atoms with Crippen LogP contribution >= 0.6 is 0 Å². The zero-order valence-electron chi connectivity index (χ0n) is 37.9. The molecule has 0 bridgehead atoms. The molecule has 0 heterocycles. The van der Waals surface area contributed by atoms with E-state index in [2.05, 4.69) is 19.2 Å². The van der Waals surface area contributed by atoms with E-state index in [9.17, 15) is 19.8 Å². The van der Waals surface area contributed by atoms with Crippen molar-refractivity contribution in [1.82, 2.24) is 5.32 Å². The molecule has 0 radical (unpaired) electrons. The summed E-state index contributed by atoms with van der Waals surface area (Å²) in [7, 11) is 0. The van der Waals surface area contributed by atoms with Gasteiger partial charge in [0.25, 0.3) is 0 Å². The van der Waals surface area contributed by atoms with E-state index >= 15 is 0 Å². The van der Waals surface area contributed by atoms with Gasteiger partial charge in [0.2, 0.25) is 5.91 Å². The van der Waals surface area contributed by atoms with E-state index in [0.29, 0.717) is 25.9 Å². The number of esters is 1. The lowest BCUT2D eigenvalue weighted by Gasteiger charge is -2.22. The number of hydrogen-bond acceptors (Lipinski definition) is 5. The first-order chi connectivity index (χ1) is 27.5. The van der Waals surface area contributed by atoms with Crippen molar-refractivity contribution in [3.63, 3.8) is 0 Å². The van der Waals surface area contributed by atoms with Gasteiger partial charge in [-0.3, -0.25) is 9.59 Å². The van der Waals surface area contributed by atoms with Crippen LogP contribution in [0.3, 0.4) is 0 Å². The van der Waals surface area contributed by atoms with Crippen molar-refractivity contribution in [2.45, 2.75) is 296 Å². The topological polar surface area (TPSA) is 95.9 Å². The fourth-order valence-corrected chi connectivity index (χ4v) is 7.99. The number of aliphatic hydroxyl groups is 2. The molecule has 0 fully saturated rings. The number of ether oxygens (including phenoxy) is 1. The summed E-state index contributed by atoms with van der Waals surface area (Å²) in [6.45, 7) is 4.90. The summed E-state index contributed by atoms with van der Waals surface area (Å²) in [5.74, 6) is -0.0637. The molecule has 2 unspecified atom stereocenters. The van der Waals surface area contributed by atoms with Crippen molar-refractivity contribution in [3.05, 3.63) is 0 Å². The van der Waals surface area contributed by atoms with Gasteiger partial charge in [0.15, 0.2) is 0 Å². The molecule has 0 aliphatic heterocycles. The number of carbonyl (C=O) groups is 2. The molecule has 0 aromatic carbocycles. The summed E-state index contributed by atoms with van der Waals surface area (Å²) >= 11 is 0. The van der Waals surface area contributed by atoms with E-state index < -0.39 is 12.1 Å². The molecular formula is C50H99NO5. The maximum atomic E-state index is 12.4. The van der Waals surface area contributed by atoms with E-state index in [0.717, 1.165) is 57.8 Å². The summed E-state index contributed by atoms with van der Waals surface area (Å²) < 4.78 is 5.47. The largest absolute Gasteiger partial charge is 0.466 e. The van der Waals surface area contributed by atoms with Gasteiger partial charge in [0.05, 0.1) is 25.4 Å². The molecule has 0 saturated carbocycles. The maximum absolute atomic E-state index is 12.4. The Morgan fingerprint density at radius 2 is 0.732 bits per heavy atom. The predicted molar refractivity (Wildman–Crippen MR) is 241 cm³/mol. The summed E-state index contributed by atoms with van der Waals surface area (Å²) in [6.07, 6.45) is 50.8. The molecule has 0 rings (SSSR count). The summed E-state index contributed by atoms with van der Waals surface area (Å²) in [4.78, 5) is 24.4. The van der Waals surface area contributed by atoms with Gasteiger partial charge in [0, 0.05) is 12.8 Å². The molecule has 2 atom stereocenters. The Hall–Kier alpha value is -1.14. The number of nitrogens with one attached hydrogen (secondary N) is 1. The zero-order chi connectivity index (χ0) is 40.8. The Bertz CT molecular complexity index is 791. The Kier molecular flexibility index (Phi) is 45.6. The van der Waals surface area contributed by atoms with Crippen LogP contribution in [0.4, 0.5) is 0 Å². The normalized spacial score (nSPS) is 12.6. The highest BCUT2D eigenvalue weighted by molar-refractivity contribution is 5.76. The highest BCUT2D eigenvalue weighted by Gasteiger charge is 2.20. The van der Waals surface area contributed by atoms with Crippen molar-refractivity contribution in [3.8, 4) is 0 Å². The van der Waals surface area contributed by atoms with Gasteiger partial charge in [-0.15, -0.1) is 0 Å². The van der Waals surface area contributed by atoms with Crippen molar-refractivity contribution in [1.29, 1.82) is 0 Å². The second kappa shape index (κ2) is 46.5. The van der Waals surface area contributed by atoms with Gasteiger partial charge >= 0.3 is 5.97 Å². The number of unbranched alkanes of at least 4 members (excludes halogenated alkanes) is 36. The Balaban J connectivity index is 3.39. The van der Waals surface area contributed by atoms with Crippen LogP contribution in [0, 0.1) is 0 Å². The fourth-order valence-electron chi connectivity index (χ4n) is 7.99. The molecule has 0 spiro atoms. The molecule has 6 heteroatoms. The molecule has 1 amide bonds. The predicted octanol–water partition coefficient (Wildman–Crippen LogP) is 14.8. The zero-order valence-corrected chi connectivity index (χ0v) is 37.9. The summed E-state index contributed by atoms with van der Waals surface area (Å²) in [5.41, 5.74) is 0. The lowest BCUT2D eigenvalue weighted by molar-refractivity contribution is -0.143. The molecular weight excluding hydrogens is 695 g/mol. The first-order valence-corrected chi connectivity index (χ1v) is 25.3.